The zero-order chi connectivity index (χ0) is 9.90. The van der Waals surface area contributed by atoms with Gasteiger partial charge in [-0.25, -0.2) is 0 Å². The Morgan fingerprint density at radius 3 is 2.62 bits per heavy atom. The molecule has 1 aliphatic rings. The summed E-state index contributed by atoms with van der Waals surface area (Å²) in [6.45, 7) is 11.9. The summed E-state index contributed by atoms with van der Waals surface area (Å²) in [5, 5.41) is 3.62. The van der Waals surface area contributed by atoms with Crippen molar-refractivity contribution < 1.29 is 0 Å². The molecule has 0 heterocycles. The van der Waals surface area contributed by atoms with Crippen molar-refractivity contribution in [1.82, 2.24) is 5.32 Å². The molecule has 1 heteroatoms. The second-order valence-electron chi connectivity index (χ2n) is 4.88. The van der Waals surface area contributed by atoms with E-state index in [1.54, 1.807) is 0 Å². The lowest BCUT2D eigenvalue weighted by molar-refractivity contribution is 0.407. The van der Waals surface area contributed by atoms with Gasteiger partial charge in [-0.3, -0.25) is 0 Å². The van der Waals surface area contributed by atoms with E-state index in [2.05, 4.69) is 32.7 Å². The molecule has 0 spiro atoms. The Morgan fingerprint density at radius 2 is 2.23 bits per heavy atom. The summed E-state index contributed by atoms with van der Waals surface area (Å²) in [7, 11) is 0. The lowest BCUT2D eigenvalue weighted by Crippen LogP contribution is -2.32. The van der Waals surface area contributed by atoms with Gasteiger partial charge in [0.1, 0.15) is 0 Å². The number of nitrogens with one attached hydrogen (secondary N) is 1. The molecule has 2 unspecified atom stereocenters. The molecule has 1 N–H and O–H groups in total. The summed E-state index contributed by atoms with van der Waals surface area (Å²) >= 11 is 0. The first kappa shape index (κ1) is 10.8. The van der Waals surface area contributed by atoms with Crippen molar-refractivity contribution in [3.8, 4) is 0 Å². The SMILES string of the molecule is C=CCC(NCCC)C1CC1(C)C. The molecule has 1 nitrogen and oxygen atoms in total. The minimum atomic E-state index is 0.578. The molecule has 1 fully saturated rings. The number of rotatable bonds is 6. The molecule has 0 aliphatic heterocycles. The molecule has 0 amide bonds. The van der Waals surface area contributed by atoms with Crippen LogP contribution in [0, 0.1) is 11.3 Å². The highest BCUT2D eigenvalue weighted by Crippen LogP contribution is 2.54. The highest BCUT2D eigenvalue weighted by Gasteiger charge is 2.49. The molecule has 1 aliphatic carbocycles. The molecule has 0 aromatic carbocycles. The van der Waals surface area contributed by atoms with Crippen LogP contribution >= 0.6 is 0 Å². The van der Waals surface area contributed by atoms with E-state index in [-0.39, 0.29) is 0 Å². The van der Waals surface area contributed by atoms with E-state index in [1.165, 1.54) is 12.8 Å². The monoisotopic (exact) mass is 181 g/mol. The lowest BCUT2D eigenvalue weighted by Gasteiger charge is -2.18. The summed E-state index contributed by atoms with van der Waals surface area (Å²) in [6, 6.07) is 0.674. The summed E-state index contributed by atoms with van der Waals surface area (Å²) in [5.41, 5.74) is 0.578. The predicted molar refractivity (Wildman–Crippen MR) is 58.8 cm³/mol. The van der Waals surface area contributed by atoms with Gasteiger partial charge >= 0.3 is 0 Å². The van der Waals surface area contributed by atoms with Crippen molar-refractivity contribution >= 4 is 0 Å². The molecule has 0 aromatic rings. The van der Waals surface area contributed by atoms with Crippen molar-refractivity contribution in [2.24, 2.45) is 11.3 Å². The second kappa shape index (κ2) is 4.28. The number of hydrogen-bond acceptors (Lipinski definition) is 1. The minimum absolute atomic E-state index is 0.578. The maximum absolute atomic E-state index is 3.83. The van der Waals surface area contributed by atoms with Gasteiger partial charge in [-0.05, 0) is 37.1 Å². The van der Waals surface area contributed by atoms with Gasteiger partial charge in [0, 0.05) is 6.04 Å². The van der Waals surface area contributed by atoms with E-state index >= 15 is 0 Å². The first-order valence-electron chi connectivity index (χ1n) is 5.46. The summed E-state index contributed by atoms with van der Waals surface area (Å²) in [6.07, 6.45) is 5.76. The van der Waals surface area contributed by atoms with Crippen molar-refractivity contribution in [3.05, 3.63) is 12.7 Å². The fraction of sp³-hybridized carbons (Fsp3) is 0.833. The molecule has 0 radical (unpaired) electrons. The van der Waals surface area contributed by atoms with Crippen LogP contribution in [0.25, 0.3) is 0 Å². The molecule has 76 valence electrons. The molecule has 2 atom stereocenters. The Labute approximate surface area is 82.6 Å². The van der Waals surface area contributed by atoms with Gasteiger partial charge in [-0.2, -0.15) is 0 Å². The van der Waals surface area contributed by atoms with Gasteiger partial charge in [0.15, 0.2) is 0 Å². The van der Waals surface area contributed by atoms with Gasteiger partial charge < -0.3 is 5.32 Å². The van der Waals surface area contributed by atoms with Crippen LogP contribution in [0.2, 0.25) is 0 Å². The van der Waals surface area contributed by atoms with E-state index in [0.29, 0.717) is 11.5 Å². The van der Waals surface area contributed by atoms with Crippen LogP contribution in [-0.4, -0.2) is 12.6 Å². The largest absolute Gasteiger partial charge is 0.313 e. The standard InChI is InChI=1S/C12H23N/c1-5-7-11(13-8-6-2)10-9-12(10,3)4/h5,10-11,13H,1,6-9H2,2-4H3. The molecular formula is C12H23N. The maximum atomic E-state index is 3.83. The Bertz CT molecular complexity index is 172. The quantitative estimate of drug-likeness (QED) is 0.621. The summed E-state index contributed by atoms with van der Waals surface area (Å²) in [5.74, 6) is 0.872. The third-order valence-electron chi connectivity index (χ3n) is 3.15. The van der Waals surface area contributed by atoms with Gasteiger partial charge in [0.25, 0.3) is 0 Å². The van der Waals surface area contributed by atoms with Crippen molar-refractivity contribution in [1.29, 1.82) is 0 Å². The Kier molecular flexibility index (Phi) is 3.55. The molecule has 1 saturated carbocycles. The summed E-state index contributed by atoms with van der Waals surface area (Å²) < 4.78 is 0. The molecule has 0 saturated heterocycles. The Morgan fingerprint density at radius 1 is 1.62 bits per heavy atom. The van der Waals surface area contributed by atoms with Gasteiger partial charge in [-0.1, -0.05) is 26.8 Å². The normalized spacial score (nSPS) is 26.8. The van der Waals surface area contributed by atoms with Crippen LogP contribution in [0.15, 0.2) is 12.7 Å². The third-order valence-corrected chi connectivity index (χ3v) is 3.15. The topological polar surface area (TPSA) is 12.0 Å². The van der Waals surface area contributed by atoms with Crippen molar-refractivity contribution in [2.75, 3.05) is 6.54 Å². The van der Waals surface area contributed by atoms with Crippen LogP contribution in [0.4, 0.5) is 0 Å². The fourth-order valence-electron chi connectivity index (χ4n) is 2.09. The van der Waals surface area contributed by atoms with E-state index in [0.717, 1.165) is 18.9 Å². The van der Waals surface area contributed by atoms with E-state index in [9.17, 15) is 0 Å². The molecular weight excluding hydrogens is 158 g/mol. The zero-order valence-corrected chi connectivity index (χ0v) is 9.27. The summed E-state index contributed by atoms with van der Waals surface area (Å²) in [4.78, 5) is 0. The van der Waals surface area contributed by atoms with Gasteiger partial charge in [-0.15, -0.1) is 6.58 Å². The average Bonchev–Trinajstić information content (AvgIpc) is 2.69. The van der Waals surface area contributed by atoms with Crippen LogP contribution in [0.3, 0.4) is 0 Å². The highest BCUT2D eigenvalue weighted by molar-refractivity contribution is 5.03. The van der Waals surface area contributed by atoms with Crippen molar-refractivity contribution in [3.63, 3.8) is 0 Å². The van der Waals surface area contributed by atoms with E-state index in [1.807, 2.05) is 6.08 Å². The van der Waals surface area contributed by atoms with E-state index < -0.39 is 0 Å². The Balaban J connectivity index is 2.35. The van der Waals surface area contributed by atoms with Crippen LogP contribution in [-0.2, 0) is 0 Å². The Hall–Kier alpha value is -0.300. The van der Waals surface area contributed by atoms with Crippen LogP contribution in [0.5, 0.6) is 0 Å². The minimum Gasteiger partial charge on any atom is -0.313 e. The highest BCUT2D eigenvalue weighted by atomic mass is 14.9. The van der Waals surface area contributed by atoms with E-state index in [4.69, 9.17) is 0 Å². The van der Waals surface area contributed by atoms with Gasteiger partial charge in [0.05, 0.1) is 0 Å². The second-order valence-corrected chi connectivity index (χ2v) is 4.88. The first-order chi connectivity index (χ1) is 6.11. The lowest BCUT2D eigenvalue weighted by atomic mass is 10.0. The van der Waals surface area contributed by atoms with Crippen LogP contribution < -0.4 is 5.32 Å². The number of hydrogen-bond donors (Lipinski definition) is 1. The molecule has 1 rings (SSSR count). The molecule has 0 aromatic heterocycles. The fourth-order valence-corrected chi connectivity index (χ4v) is 2.09. The third kappa shape index (κ3) is 2.84. The van der Waals surface area contributed by atoms with Gasteiger partial charge in [0.2, 0.25) is 0 Å². The molecule has 0 bridgehead atoms. The van der Waals surface area contributed by atoms with Crippen molar-refractivity contribution in [2.45, 2.75) is 46.1 Å². The zero-order valence-electron chi connectivity index (χ0n) is 9.27. The maximum Gasteiger partial charge on any atom is 0.0135 e. The first-order valence-corrected chi connectivity index (χ1v) is 5.46. The average molecular weight is 181 g/mol. The van der Waals surface area contributed by atoms with Crippen LogP contribution in [0.1, 0.15) is 40.0 Å². The predicted octanol–water partition coefficient (Wildman–Crippen LogP) is 2.98. The molecule has 13 heavy (non-hydrogen) atoms. The smallest absolute Gasteiger partial charge is 0.0135 e.